The molecule has 0 amide bonds. The second-order valence-corrected chi connectivity index (χ2v) is 5.15. The van der Waals surface area contributed by atoms with E-state index in [9.17, 15) is 9.18 Å². The summed E-state index contributed by atoms with van der Waals surface area (Å²) >= 11 is 5.84. The first-order chi connectivity index (χ1) is 9.45. The van der Waals surface area contributed by atoms with E-state index in [1.807, 2.05) is 13.8 Å². The van der Waals surface area contributed by atoms with E-state index >= 15 is 0 Å². The average Bonchev–Trinajstić information content (AvgIpc) is 2.39. The lowest BCUT2D eigenvalue weighted by Gasteiger charge is -2.15. The lowest BCUT2D eigenvalue weighted by Crippen LogP contribution is -2.10. The first-order valence-corrected chi connectivity index (χ1v) is 6.78. The van der Waals surface area contributed by atoms with E-state index in [2.05, 4.69) is 4.98 Å². The summed E-state index contributed by atoms with van der Waals surface area (Å²) in [6, 6.07) is 2.79. The van der Waals surface area contributed by atoms with E-state index in [0.29, 0.717) is 23.1 Å². The number of hydrogen-bond donors (Lipinski definition) is 0. The van der Waals surface area contributed by atoms with Gasteiger partial charge in [0.05, 0.1) is 22.7 Å². The Balaban J connectivity index is 2.75. The zero-order chi connectivity index (χ0) is 14.9. The molecule has 0 aliphatic rings. The van der Waals surface area contributed by atoms with Crippen molar-refractivity contribution in [3.8, 4) is 0 Å². The molecule has 0 atom stereocenters. The summed E-state index contributed by atoms with van der Waals surface area (Å²) in [6.07, 6.45) is 1.43. The highest BCUT2D eigenvalue weighted by atomic mass is 35.5. The van der Waals surface area contributed by atoms with Gasteiger partial charge in [-0.25, -0.2) is 9.18 Å². The van der Waals surface area contributed by atoms with Crippen LogP contribution in [0, 0.1) is 5.82 Å². The molecule has 0 radical (unpaired) electrons. The van der Waals surface area contributed by atoms with E-state index < -0.39 is 11.8 Å². The molecular formula is C15H15ClFNO2. The van der Waals surface area contributed by atoms with Crippen molar-refractivity contribution in [2.75, 3.05) is 6.61 Å². The Morgan fingerprint density at radius 3 is 2.75 bits per heavy atom. The number of fused-ring (bicyclic) bond motifs is 1. The predicted molar refractivity (Wildman–Crippen MR) is 76.8 cm³/mol. The van der Waals surface area contributed by atoms with Gasteiger partial charge >= 0.3 is 5.97 Å². The van der Waals surface area contributed by atoms with Crippen LogP contribution in [0.5, 0.6) is 0 Å². The van der Waals surface area contributed by atoms with E-state index in [-0.39, 0.29) is 10.9 Å². The van der Waals surface area contributed by atoms with Crippen LogP contribution in [-0.2, 0) is 4.74 Å². The van der Waals surface area contributed by atoms with Crippen molar-refractivity contribution in [2.45, 2.75) is 26.7 Å². The molecule has 0 fully saturated rings. The molecule has 0 bridgehead atoms. The molecule has 0 aliphatic carbocycles. The Bertz CT molecular complexity index is 670. The number of carbonyl (C=O) groups excluding carboxylic acids is 1. The molecule has 2 aromatic rings. The minimum Gasteiger partial charge on any atom is -0.462 e. The maximum atomic E-state index is 13.5. The molecular weight excluding hydrogens is 281 g/mol. The Hall–Kier alpha value is -1.68. The third-order valence-corrected chi connectivity index (χ3v) is 3.31. The predicted octanol–water partition coefficient (Wildman–Crippen LogP) is 4.33. The molecule has 5 heteroatoms. The van der Waals surface area contributed by atoms with Crippen LogP contribution in [0.2, 0.25) is 5.02 Å². The number of hydrogen-bond acceptors (Lipinski definition) is 3. The molecule has 0 spiro atoms. The monoisotopic (exact) mass is 295 g/mol. The molecule has 0 saturated heterocycles. The zero-order valence-corrected chi connectivity index (χ0v) is 12.3. The summed E-state index contributed by atoms with van der Waals surface area (Å²) in [4.78, 5) is 16.1. The van der Waals surface area contributed by atoms with Crippen LogP contribution in [-0.4, -0.2) is 17.6 Å². The molecule has 0 saturated carbocycles. The van der Waals surface area contributed by atoms with Gasteiger partial charge in [-0.1, -0.05) is 25.4 Å². The fourth-order valence-electron chi connectivity index (χ4n) is 2.20. The molecule has 0 unspecified atom stereocenters. The van der Waals surface area contributed by atoms with Crippen LogP contribution in [0.25, 0.3) is 10.9 Å². The second-order valence-electron chi connectivity index (χ2n) is 4.74. The van der Waals surface area contributed by atoms with Gasteiger partial charge in [0.2, 0.25) is 0 Å². The number of benzene rings is 1. The average molecular weight is 296 g/mol. The van der Waals surface area contributed by atoms with Crippen molar-refractivity contribution >= 4 is 28.5 Å². The van der Waals surface area contributed by atoms with Gasteiger partial charge in [0.15, 0.2) is 0 Å². The van der Waals surface area contributed by atoms with Crippen LogP contribution in [0.3, 0.4) is 0 Å². The van der Waals surface area contributed by atoms with Gasteiger partial charge in [-0.15, -0.1) is 0 Å². The van der Waals surface area contributed by atoms with E-state index in [4.69, 9.17) is 16.3 Å². The second kappa shape index (κ2) is 5.75. The van der Waals surface area contributed by atoms with Gasteiger partial charge in [0, 0.05) is 17.6 Å². The van der Waals surface area contributed by atoms with Crippen molar-refractivity contribution in [3.63, 3.8) is 0 Å². The molecule has 2 rings (SSSR count). The largest absolute Gasteiger partial charge is 0.462 e. The summed E-state index contributed by atoms with van der Waals surface area (Å²) in [5.41, 5.74) is 1.65. The van der Waals surface area contributed by atoms with Crippen molar-refractivity contribution in [1.82, 2.24) is 4.98 Å². The Kier molecular flexibility index (Phi) is 4.23. The number of halogens is 2. The fourth-order valence-corrected chi connectivity index (χ4v) is 2.36. The normalized spacial score (nSPS) is 11.1. The zero-order valence-electron chi connectivity index (χ0n) is 11.5. The van der Waals surface area contributed by atoms with Crippen LogP contribution in [0.1, 0.15) is 42.6 Å². The molecule has 1 aromatic heterocycles. The maximum Gasteiger partial charge on any atom is 0.340 e. The number of esters is 1. The van der Waals surface area contributed by atoms with Gasteiger partial charge in [0.1, 0.15) is 5.82 Å². The number of rotatable bonds is 3. The molecule has 20 heavy (non-hydrogen) atoms. The third-order valence-electron chi connectivity index (χ3n) is 3.02. The summed E-state index contributed by atoms with van der Waals surface area (Å²) in [5, 5.41) is 0.694. The van der Waals surface area contributed by atoms with Crippen molar-refractivity contribution in [1.29, 1.82) is 0 Å². The maximum absolute atomic E-state index is 13.5. The highest BCUT2D eigenvalue weighted by Crippen LogP contribution is 2.31. The number of carbonyl (C=O) groups is 1. The van der Waals surface area contributed by atoms with Gasteiger partial charge < -0.3 is 4.74 Å². The molecule has 0 N–H and O–H groups in total. The molecule has 1 aromatic carbocycles. The minimum absolute atomic E-state index is 0.0159. The van der Waals surface area contributed by atoms with Crippen LogP contribution in [0.4, 0.5) is 4.39 Å². The Morgan fingerprint density at radius 1 is 1.45 bits per heavy atom. The first-order valence-electron chi connectivity index (χ1n) is 6.40. The van der Waals surface area contributed by atoms with Crippen LogP contribution in [0.15, 0.2) is 18.3 Å². The highest BCUT2D eigenvalue weighted by Gasteiger charge is 2.19. The van der Waals surface area contributed by atoms with E-state index in [1.165, 1.54) is 18.3 Å². The number of nitrogens with zero attached hydrogens (tertiary/aromatic N) is 1. The lowest BCUT2D eigenvalue weighted by molar-refractivity contribution is 0.0524. The SMILES string of the molecule is CCOC(=O)c1cnc2cc(F)c(Cl)cc2c1C(C)C. The van der Waals surface area contributed by atoms with Gasteiger partial charge in [0.25, 0.3) is 0 Å². The summed E-state index contributed by atoms with van der Waals surface area (Å²) < 4.78 is 18.5. The third kappa shape index (κ3) is 2.61. The number of aromatic nitrogens is 1. The standard InChI is InChI=1S/C15H15ClFNO2/c1-4-20-15(19)10-7-18-13-6-12(17)11(16)5-9(13)14(10)8(2)3/h5-8H,4H2,1-3H3. The van der Waals surface area contributed by atoms with Gasteiger partial charge in [-0.3, -0.25) is 4.98 Å². The quantitative estimate of drug-likeness (QED) is 0.791. The fraction of sp³-hybridized carbons (Fsp3) is 0.333. The van der Waals surface area contributed by atoms with Crippen LogP contribution < -0.4 is 0 Å². The van der Waals surface area contributed by atoms with Gasteiger partial charge in [-0.2, -0.15) is 0 Å². The molecule has 3 nitrogen and oxygen atoms in total. The molecule has 0 aliphatic heterocycles. The summed E-state index contributed by atoms with van der Waals surface area (Å²) in [6.45, 7) is 5.94. The summed E-state index contributed by atoms with van der Waals surface area (Å²) in [5.74, 6) is -0.891. The molecule has 1 heterocycles. The van der Waals surface area contributed by atoms with Crippen molar-refractivity contribution < 1.29 is 13.9 Å². The Labute approximate surface area is 121 Å². The minimum atomic E-state index is -0.523. The first kappa shape index (κ1) is 14.7. The number of pyridine rings is 1. The highest BCUT2D eigenvalue weighted by molar-refractivity contribution is 6.31. The summed E-state index contributed by atoms with van der Waals surface area (Å²) in [7, 11) is 0. The smallest absolute Gasteiger partial charge is 0.340 e. The lowest BCUT2D eigenvalue weighted by atomic mass is 9.94. The Morgan fingerprint density at radius 2 is 2.15 bits per heavy atom. The van der Waals surface area contributed by atoms with E-state index in [0.717, 1.165) is 5.56 Å². The van der Waals surface area contributed by atoms with E-state index in [1.54, 1.807) is 6.92 Å². The van der Waals surface area contributed by atoms with Crippen molar-refractivity contribution in [2.24, 2.45) is 0 Å². The van der Waals surface area contributed by atoms with Gasteiger partial charge in [-0.05, 0) is 24.5 Å². The van der Waals surface area contributed by atoms with Crippen LogP contribution >= 0.6 is 11.6 Å². The van der Waals surface area contributed by atoms with Crippen molar-refractivity contribution in [3.05, 3.63) is 40.3 Å². The number of ether oxygens (including phenoxy) is 1. The molecule has 106 valence electrons. The topological polar surface area (TPSA) is 39.2 Å².